The van der Waals surface area contributed by atoms with E-state index in [1.54, 1.807) is 6.08 Å². The first-order valence-corrected chi connectivity index (χ1v) is 13.3. The van der Waals surface area contributed by atoms with Crippen molar-refractivity contribution in [2.24, 2.45) is 23.0 Å². The van der Waals surface area contributed by atoms with Crippen LogP contribution in [0.3, 0.4) is 0 Å². The lowest BCUT2D eigenvalue weighted by atomic mass is 9.67. The first kappa shape index (κ1) is 33.1. The summed E-state index contributed by atoms with van der Waals surface area (Å²) in [4.78, 5) is 2.03. The molecular weight excluding hydrogens is 442 g/mol. The van der Waals surface area contributed by atoms with Crippen molar-refractivity contribution in [3.63, 3.8) is 0 Å². The molecule has 200 valence electrons. The van der Waals surface area contributed by atoms with Gasteiger partial charge in [0.05, 0.1) is 0 Å². The van der Waals surface area contributed by atoms with E-state index in [0.717, 1.165) is 35.8 Å². The van der Waals surface area contributed by atoms with Gasteiger partial charge in [-0.25, -0.2) is 0 Å². The minimum atomic E-state index is -0.192. The molecule has 1 aliphatic heterocycles. The maximum atomic E-state index is 9.93. The summed E-state index contributed by atoms with van der Waals surface area (Å²) in [6.07, 6.45) is 7.70. The normalized spacial score (nSPS) is 16.4. The molecule has 0 fully saturated rings. The zero-order chi connectivity index (χ0) is 28.1. The fourth-order valence-electron chi connectivity index (χ4n) is 4.21. The highest BCUT2D eigenvalue weighted by atomic mass is 16.5. The second-order valence-electron chi connectivity index (χ2n) is 10.7. The van der Waals surface area contributed by atoms with E-state index in [4.69, 9.17) is 10.5 Å². The summed E-state index contributed by atoms with van der Waals surface area (Å²) in [7, 11) is 1.99. The third-order valence-corrected chi connectivity index (χ3v) is 5.73. The van der Waals surface area contributed by atoms with E-state index in [9.17, 15) is 5.26 Å². The maximum absolute atomic E-state index is 9.93. The SMILES string of the molecule is C=C/C=C\N(C)c1ccc(C2C(C#N)=C(N)OC(C)=C2C(CCC)C(C)(C)C)cc1.CC.CC(C)C. The van der Waals surface area contributed by atoms with Crippen LogP contribution >= 0.6 is 0 Å². The maximum Gasteiger partial charge on any atom is 0.205 e. The molecule has 1 aliphatic rings. The summed E-state index contributed by atoms with van der Waals surface area (Å²) >= 11 is 0. The van der Waals surface area contributed by atoms with Crippen LogP contribution in [-0.4, -0.2) is 7.05 Å². The third kappa shape index (κ3) is 9.61. The van der Waals surface area contributed by atoms with Crippen LogP contribution < -0.4 is 10.6 Å². The van der Waals surface area contributed by atoms with Gasteiger partial charge in [0, 0.05) is 24.9 Å². The molecule has 36 heavy (non-hydrogen) atoms. The fourth-order valence-corrected chi connectivity index (χ4v) is 4.21. The predicted molar refractivity (Wildman–Crippen MR) is 157 cm³/mol. The number of benzene rings is 1. The molecule has 4 nitrogen and oxygen atoms in total. The summed E-state index contributed by atoms with van der Waals surface area (Å²) in [6, 6.07) is 10.7. The van der Waals surface area contributed by atoms with Crippen molar-refractivity contribution >= 4 is 5.69 Å². The number of nitriles is 1. The second-order valence-corrected chi connectivity index (χ2v) is 10.7. The molecular formula is C32H51N3O. The van der Waals surface area contributed by atoms with Gasteiger partial charge in [-0.2, -0.15) is 5.26 Å². The third-order valence-electron chi connectivity index (χ3n) is 5.73. The monoisotopic (exact) mass is 493 g/mol. The van der Waals surface area contributed by atoms with Crippen LogP contribution in [0.2, 0.25) is 0 Å². The van der Waals surface area contributed by atoms with Gasteiger partial charge in [0.25, 0.3) is 0 Å². The number of allylic oxidation sites excluding steroid dienone is 5. The van der Waals surface area contributed by atoms with Gasteiger partial charge in [0.1, 0.15) is 17.4 Å². The number of hydrogen-bond donors (Lipinski definition) is 1. The van der Waals surface area contributed by atoms with Gasteiger partial charge >= 0.3 is 0 Å². The predicted octanol–water partition coefficient (Wildman–Crippen LogP) is 9.06. The summed E-state index contributed by atoms with van der Waals surface area (Å²) in [5.74, 6) is 1.95. The minimum Gasteiger partial charge on any atom is -0.445 e. The van der Waals surface area contributed by atoms with Gasteiger partial charge in [0.2, 0.25) is 5.88 Å². The Labute approximate surface area is 222 Å². The van der Waals surface area contributed by atoms with Crippen LogP contribution in [0.25, 0.3) is 0 Å². The molecule has 0 spiro atoms. The van der Waals surface area contributed by atoms with Gasteiger partial charge < -0.3 is 15.4 Å². The number of ether oxygens (including phenoxy) is 1. The Hall–Kier alpha value is -2.93. The first-order chi connectivity index (χ1) is 16.9. The van der Waals surface area contributed by atoms with E-state index in [-0.39, 0.29) is 23.1 Å². The van der Waals surface area contributed by atoms with Gasteiger partial charge in [-0.15, -0.1) is 0 Å². The van der Waals surface area contributed by atoms with Crippen LogP contribution in [-0.2, 0) is 4.74 Å². The lowest BCUT2D eigenvalue weighted by Gasteiger charge is -2.39. The van der Waals surface area contributed by atoms with Crippen molar-refractivity contribution in [2.75, 3.05) is 11.9 Å². The Morgan fingerprint density at radius 3 is 2.11 bits per heavy atom. The second kappa shape index (κ2) is 15.9. The minimum absolute atomic E-state index is 0.0382. The topological polar surface area (TPSA) is 62.3 Å². The lowest BCUT2D eigenvalue weighted by molar-refractivity contribution is 0.217. The van der Waals surface area contributed by atoms with Crippen molar-refractivity contribution < 1.29 is 4.74 Å². The summed E-state index contributed by atoms with van der Waals surface area (Å²) in [6.45, 7) is 25.1. The van der Waals surface area contributed by atoms with E-state index in [1.807, 2.05) is 45.0 Å². The van der Waals surface area contributed by atoms with Crippen LogP contribution in [0.15, 0.2) is 72.0 Å². The number of nitrogens with two attached hydrogens (primary N) is 1. The molecule has 0 radical (unpaired) electrons. The Balaban J connectivity index is 0.00000185. The first-order valence-electron chi connectivity index (χ1n) is 13.3. The summed E-state index contributed by atoms with van der Waals surface area (Å²) in [5.41, 5.74) is 9.98. The van der Waals surface area contributed by atoms with Gasteiger partial charge in [-0.05, 0) is 59.9 Å². The van der Waals surface area contributed by atoms with Crippen LogP contribution in [0.4, 0.5) is 5.69 Å². The molecule has 2 rings (SSSR count). The molecule has 0 saturated carbocycles. The summed E-state index contributed by atoms with van der Waals surface area (Å²) < 4.78 is 5.87. The molecule has 0 aromatic heterocycles. The van der Waals surface area contributed by atoms with Gasteiger partial charge in [0.15, 0.2) is 0 Å². The van der Waals surface area contributed by atoms with E-state index >= 15 is 0 Å². The fraction of sp³-hybridized carbons (Fsp3) is 0.531. The Kier molecular flexibility index (Phi) is 14.6. The molecule has 2 N–H and O–H groups in total. The van der Waals surface area contributed by atoms with Crippen molar-refractivity contribution in [2.45, 2.75) is 88.0 Å². The van der Waals surface area contributed by atoms with Crippen molar-refractivity contribution in [3.05, 3.63) is 77.5 Å². The summed E-state index contributed by atoms with van der Waals surface area (Å²) in [5, 5.41) is 9.93. The van der Waals surface area contributed by atoms with E-state index in [1.165, 1.54) is 5.57 Å². The van der Waals surface area contributed by atoms with Crippen LogP contribution in [0.1, 0.15) is 93.6 Å². The molecule has 0 amide bonds. The highest BCUT2D eigenvalue weighted by molar-refractivity contribution is 5.55. The molecule has 2 unspecified atom stereocenters. The van der Waals surface area contributed by atoms with Gasteiger partial charge in [-0.3, -0.25) is 0 Å². The Morgan fingerprint density at radius 1 is 1.17 bits per heavy atom. The van der Waals surface area contributed by atoms with Crippen molar-refractivity contribution in [1.82, 2.24) is 0 Å². The van der Waals surface area contributed by atoms with E-state index in [2.05, 4.69) is 85.4 Å². The van der Waals surface area contributed by atoms with E-state index < -0.39 is 0 Å². The standard InChI is InChI=1S/C26H35N3O.C4H10.C2H6/c1-8-10-16-29(7)20-14-12-19(13-15-20)24-21(17-27)25(28)30-18(3)23(24)22(11-9-2)26(4,5)6;1-4(2)3;1-2/h8,10,12-16,22,24H,1,9,11,28H2,2-7H3;4H,1-3H3;1-2H3/b16-10-;;. The van der Waals surface area contributed by atoms with Crippen molar-refractivity contribution in [1.29, 1.82) is 5.26 Å². The zero-order valence-corrected chi connectivity index (χ0v) is 24.8. The zero-order valence-electron chi connectivity index (χ0n) is 24.8. The molecule has 0 aliphatic carbocycles. The largest absolute Gasteiger partial charge is 0.445 e. The molecule has 1 heterocycles. The Bertz CT molecular complexity index is 934. The number of hydrogen-bond acceptors (Lipinski definition) is 4. The number of nitrogens with zero attached hydrogens (tertiary/aromatic N) is 2. The molecule has 0 bridgehead atoms. The lowest BCUT2D eigenvalue weighted by Crippen LogP contribution is -2.30. The molecule has 4 heteroatoms. The average molecular weight is 494 g/mol. The highest BCUT2D eigenvalue weighted by Crippen LogP contribution is 2.49. The van der Waals surface area contributed by atoms with Crippen LogP contribution in [0, 0.1) is 28.6 Å². The molecule has 1 aromatic rings. The van der Waals surface area contributed by atoms with Crippen LogP contribution in [0.5, 0.6) is 0 Å². The Morgan fingerprint density at radius 2 is 1.69 bits per heavy atom. The quantitative estimate of drug-likeness (QED) is 0.385. The smallest absolute Gasteiger partial charge is 0.205 e. The highest BCUT2D eigenvalue weighted by Gasteiger charge is 2.39. The number of rotatable bonds is 7. The number of anilines is 1. The van der Waals surface area contributed by atoms with Gasteiger partial charge in [-0.1, -0.05) is 93.5 Å². The average Bonchev–Trinajstić information content (AvgIpc) is 2.81. The molecule has 0 saturated heterocycles. The van der Waals surface area contributed by atoms with Crippen molar-refractivity contribution in [3.8, 4) is 6.07 Å². The molecule has 1 aromatic carbocycles. The van der Waals surface area contributed by atoms with E-state index in [0.29, 0.717) is 5.57 Å². The molecule has 2 atom stereocenters.